The van der Waals surface area contributed by atoms with Crippen molar-refractivity contribution < 1.29 is 4.79 Å². The number of carbonyl (C=O) groups excluding carboxylic acids is 1. The molecule has 1 heterocycles. The largest absolute Gasteiger partial charge is 0.349 e. The summed E-state index contributed by atoms with van der Waals surface area (Å²) in [6, 6.07) is 10.6. The molecule has 0 bridgehead atoms. The van der Waals surface area contributed by atoms with E-state index in [0.29, 0.717) is 5.92 Å². The Morgan fingerprint density at radius 2 is 1.88 bits per heavy atom. The van der Waals surface area contributed by atoms with Crippen LogP contribution in [0.25, 0.3) is 0 Å². The van der Waals surface area contributed by atoms with Gasteiger partial charge >= 0.3 is 0 Å². The number of amides is 1. The Hall–Kier alpha value is -1.31. The highest BCUT2D eigenvalue weighted by atomic mass is 16.2. The summed E-state index contributed by atoms with van der Waals surface area (Å²) in [6.45, 7) is 0. The molecular formula is C14H17NO. The van der Waals surface area contributed by atoms with Gasteiger partial charge in [0.1, 0.15) is 0 Å². The van der Waals surface area contributed by atoms with E-state index >= 15 is 0 Å². The van der Waals surface area contributed by atoms with Crippen LogP contribution in [0, 0.1) is 11.8 Å². The molecule has 1 aromatic carbocycles. The van der Waals surface area contributed by atoms with Crippen LogP contribution in [0.2, 0.25) is 0 Å². The second-order valence-electron chi connectivity index (χ2n) is 5.01. The zero-order chi connectivity index (χ0) is 11.0. The smallest absolute Gasteiger partial charge is 0.220 e. The molecule has 1 saturated heterocycles. The zero-order valence-corrected chi connectivity index (χ0v) is 9.36. The van der Waals surface area contributed by atoms with Crippen LogP contribution in [0.15, 0.2) is 30.3 Å². The summed E-state index contributed by atoms with van der Waals surface area (Å²) in [5, 5.41) is 3.13. The Balaban J connectivity index is 1.84. The van der Waals surface area contributed by atoms with E-state index < -0.39 is 0 Å². The molecule has 3 rings (SSSR count). The van der Waals surface area contributed by atoms with Crippen LogP contribution in [-0.2, 0) is 4.79 Å². The average molecular weight is 215 g/mol. The van der Waals surface area contributed by atoms with Crippen LogP contribution in [0.1, 0.15) is 37.3 Å². The van der Waals surface area contributed by atoms with Gasteiger partial charge in [0, 0.05) is 6.42 Å². The van der Waals surface area contributed by atoms with E-state index in [1.807, 2.05) is 6.07 Å². The maximum Gasteiger partial charge on any atom is 0.220 e. The van der Waals surface area contributed by atoms with Gasteiger partial charge in [-0.3, -0.25) is 4.79 Å². The fraction of sp³-hybridized carbons (Fsp3) is 0.500. The maximum absolute atomic E-state index is 11.6. The van der Waals surface area contributed by atoms with Crippen molar-refractivity contribution in [3.05, 3.63) is 35.9 Å². The predicted octanol–water partition coefficient (Wildman–Crippen LogP) is 2.66. The van der Waals surface area contributed by atoms with Crippen molar-refractivity contribution in [1.29, 1.82) is 0 Å². The first-order valence-corrected chi connectivity index (χ1v) is 6.19. The molecule has 2 unspecified atom stereocenters. The fourth-order valence-corrected chi connectivity index (χ4v) is 2.97. The van der Waals surface area contributed by atoms with Gasteiger partial charge in [-0.2, -0.15) is 0 Å². The van der Waals surface area contributed by atoms with Gasteiger partial charge in [0.2, 0.25) is 5.91 Å². The van der Waals surface area contributed by atoms with Gasteiger partial charge < -0.3 is 5.32 Å². The predicted molar refractivity (Wildman–Crippen MR) is 62.8 cm³/mol. The van der Waals surface area contributed by atoms with E-state index in [0.717, 1.165) is 12.3 Å². The molecule has 2 fully saturated rings. The summed E-state index contributed by atoms with van der Waals surface area (Å²) in [7, 11) is 0. The van der Waals surface area contributed by atoms with Crippen LogP contribution in [0.4, 0.5) is 0 Å². The van der Waals surface area contributed by atoms with Gasteiger partial charge in [0.05, 0.1) is 6.04 Å². The molecule has 0 spiro atoms. The third-order valence-electron chi connectivity index (χ3n) is 4.08. The Kier molecular flexibility index (Phi) is 2.43. The highest BCUT2D eigenvalue weighted by Crippen LogP contribution is 2.44. The van der Waals surface area contributed by atoms with E-state index in [2.05, 4.69) is 29.6 Å². The lowest BCUT2D eigenvalue weighted by molar-refractivity contribution is -0.119. The summed E-state index contributed by atoms with van der Waals surface area (Å²) in [5.74, 6) is 1.53. The molecule has 16 heavy (non-hydrogen) atoms. The molecule has 84 valence electrons. The lowest BCUT2D eigenvalue weighted by Gasteiger charge is -2.34. The Morgan fingerprint density at radius 1 is 1.12 bits per heavy atom. The van der Waals surface area contributed by atoms with Gasteiger partial charge in [-0.1, -0.05) is 49.6 Å². The number of carbonyl (C=O) groups is 1. The minimum atomic E-state index is 0.228. The first-order chi connectivity index (χ1) is 7.84. The number of hydrogen-bond acceptors (Lipinski definition) is 1. The van der Waals surface area contributed by atoms with Gasteiger partial charge in [0.25, 0.3) is 0 Å². The molecule has 2 heteroatoms. The van der Waals surface area contributed by atoms with Gasteiger partial charge in [-0.15, -0.1) is 0 Å². The Morgan fingerprint density at radius 3 is 2.50 bits per heavy atom. The molecule has 1 aliphatic carbocycles. The van der Waals surface area contributed by atoms with Crippen LogP contribution in [0.3, 0.4) is 0 Å². The van der Waals surface area contributed by atoms with Crippen molar-refractivity contribution >= 4 is 5.91 Å². The molecule has 1 amide bonds. The summed E-state index contributed by atoms with van der Waals surface area (Å²) >= 11 is 0. The quantitative estimate of drug-likeness (QED) is 0.807. The summed E-state index contributed by atoms with van der Waals surface area (Å²) in [6.07, 6.45) is 4.69. The Labute approximate surface area is 96.1 Å². The number of benzene rings is 1. The average Bonchev–Trinajstić information content (AvgIpc) is 2.59. The molecule has 1 aromatic rings. The highest BCUT2D eigenvalue weighted by Gasteiger charge is 2.40. The first kappa shape index (κ1) is 9.88. The molecule has 0 radical (unpaired) electrons. The van der Waals surface area contributed by atoms with Gasteiger partial charge in [-0.05, 0) is 17.4 Å². The maximum atomic E-state index is 11.6. The number of rotatable bonds is 2. The second-order valence-corrected chi connectivity index (χ2v) is 5.01. The molecule has 2 atom stereocenters. The van der Waals surface area contributed by atoms with E-state index in [-0.39, 0.29) is 11.9 Å². The van der Waals surface area contributed by atoms with Crippen molar-refractivity contribution in [2.45, 2.75) is 31.7 Å². The minimum Gasteiger partial charge on any atom is -0.349 e. The molecule has 2 aliphatic rings. The second kappa shape index (κ2) is 3.93. The SMILES string of the molecule is O=C1CC(C2CCC2)C(c2ccccc2)N1. The van der Waals surface area contributed by atoms with E-state index in [1.165, 1.54) is 24.8 Å². The zero-order valence-electron chi connectivity index (χ0n) is 9.36. The summed E-state index contributed by atoms with van der Waals surface area (Å²) in [4.78, 5) is 11.6. The van der Waals surface area contributed by atoms with Crippen LogP contribution in [-0.4, -0.2) is 5.91 Å². The molecular weight excluding hydrogens is 198 g/mol. The Bertz CT molecular complexity index is 383. The van der Waals surface area contributed by atoms with Gasteiger partial charge in [0.15, 0.2) is 0 Å². The van der Waals surface area contributed by atoms with Crippen LogP contribution < -0.4 is 5.32 Å². The van der Waals surface area contributed by atoms with E-state index in [9.17, 15) is 4.79 Å². The lowest BCUT2D eigenvalue weighted by atomic mass is 9.72. The molecule has 1 aliphatic heterocycles. The summed E-state index contributed by atoms with van der Waals surface area (Å²) in [5.41, 5.74) is 1.27. The first-order valence-electron chi connectivity index (χ1n) is 6.19. The molecule has 1 saturated carbocycles. The molecule has 2 nitrogen and oxygen atoms in total. The molecule has 0 aromatic heterocycles. The third-order valence-corrected chi connectivity index (χ3v) is 4.08. The summed E-state index contributed by atoms with van der Waals surface area (Å²) < 4.78 is 0. The van der Waals surface area contributed by atoms with Crippen molar-refractivity contribution in [2.24, 2.45) is 11.8 Å². The van der Waals surface area contributed by atoms with Gasteiger partial charge in [-0.25, -0.2) is 0 Å². The lowest BCUT2D eigenvalue weighted by Crippen LogP contribution is -2.27. The normalized spacial score (nSPS) is 29.9. The van der Waals surface area contributed by atoms with Crippen LogP contribution in [0.5, 0.6) is 0 Å². The standard InChI is InChI=1S/C14H17NO/c16-13-9-12(10-7-4-8-10)14(15-13)11-5-2-1-3-6-11/h1-3,5-6,10,12,14H,4,7-9H2,(H,15,16). The van der Waals surface area contributed by atoms with Crippen molar-refractivity contribution in [1.82, 2.24) is 5.32 Å². The van der Waals surface area contributed by atoms with Crippen molar-refractivity contribution in [3.63, 3.8) is 0 Å². The molecule has 1 N–H and O–H groups in total. The number of nitrogens with one attached hydrogen (secondary N) is 1. The monoisotopic (exact) mass is 215 g/mol. The van der Waals surface area contributed by atoms with E-state index in [1.54, 1.807) is 0 Å². The van der Waals surface area contributed by atoms with Crippen molar-refractivity contribution in [3.8, 4) is 0 Å². The van der Waals surface area contributed by atoms with Crippen molar-refractivity contribution in [2.75, 3.05) is 0 Å². The third kappa shape index (κ3) is 1.62. The fourth-order valence-electron chi connectivity index (χ4n) is 2.97. The van der Waals surface area contributed by atoms with Crippen LogP contribution >= 0.6 is 0 Å². The number of hydrogen-bond donors (Lipinski definition) is 1. The van der Waals surface area contributed by atoms with E-state index in [4.69, 9.17) is 0 Å². The highest BCUT2D eigenvalue weighted by molar-refractivity contribution is 5.79. The topological polar surface area (TPSA) is 29.1 Å². The minimum absolute atomic E-state index is 0.228.